The van der Waals surface area contributed by atoms with Crippen molar-refractivity contribution >= 4 is 0 Å². The van der Waals surface area contributed by atoms with Gasteiger partial charge in [0.1, 0.15) is 0 Å². The van der Waals surface area contributed by atoms with E-state index in [1.807, 2.05) is 0 Å². The first-order valence-electron chi connectivity index (χ1n) is 7.50. The standard InChI is InChI=1S/C18H27N/c1-17(2,3)11-10-12(18(4,5)6)16-14-9-8-13(15(11)16)19(14)7/h8-9,13-14H,10H2,1-7H3. The summed E-state index contributed by atoms with van der Waals surface area (Å²) in [6, 6.07) is 1.07. The van der Waals surface area contributed by atoms with E-state index in [4.69, 9.17) is 0 Å². The van der Waals surface area contributed by atoms with Gasteiger partial charge in [-0.25, -0.2) is 0 Å². The van der Waals surface area contributed by atoms with Crippen LogP contribution in [0.25, 0.3) is 0 Å². The normalized spacial score (nSPS) is 30.9. The van der Waals surface area contributed by atoms with Gasteiger partial charge < -0.3 is 0 Å². The van der Waals surface area contributed by atoms with Crippen LogP contribution >= 0.6 is 0 Å². The predicted molar refractivity (Wildman–Crippen MR) is 82.1 cm³/mol. The van der Waals surface area contributed by atoms with Gasteiger partial charge in [-0.05, 0) is 35.4 Å². The van der Waals surface area contributed by atoms with E-state index < -0.39 is 0 Å². The molecule has 1 heteroatoms. The SMILES string of the molecule is CN1C2C=CC1C1=C(C(C)(C)C)CC(C(C)(C)C)=C12. The number of nitrogens with zero attached hydrogens (tertiary/aromatic N) is 1. The van der Waals surface area contributed by atoms with Crippen molar-refractivity contribution in [2.45, 2.75) is 60.0 Å². The first-order chi connectivity index (χ1) is 8.62. The molecule has 104 valence electrons. The minimum atomic E-state index is 0.284. The van der Waals surface area contributed by atoms with E-state index in [0.717, 1.165) is 0 Å². The summed E-state index contributed by atoms with van der Waals surface area (Å²) >= 11 is 0. The van der Waals surface area contributed by atoms with Gasteiger partial charge in [-0.15, -0.1) is 0 Å². The predicted octanol–water partition coefficient (Wildman–Crippen LogP) is 4.33. The van der Waals surface area contributed by atoms with Crippen molar-refractivity contribution < 1.29 is 0 Å². The minimum absolute atomic E-state index is 0.284. The summed E-state index contributed by atoms with van der Waals surface area (Å²) in [6.45, 7) is 14.2. The zero-order valence-electron chi connectivity index (χ0n) is 13.5. The third-order valence-corrected chi connectivity index (χ3v) is 5.05. The fourth-order valence-electron chi connectivity index (χ4n) is 3.96. The third-order valence-electron chi connectivity index (χ3n) is 5.05. The molecule has 1 fully saturated rings. The fourth-order valence-corrected chi connectivity index (χ4v) is 3.96. The number of hydrogen-bond donors (Lipinski definition) is 0. The average Bonchev–Trinajstić information content (AvgIpc) is 2.84. The maximum atomic E-state index is 2.53. The highest BCUT2D eigenvalue weighted by atomic mass is 15.2. The van der Waals surface area contributed by atoms with Crippen LogP contribution in [0.15, 0.2) is 34.4 Å². The Labute approximate surface area is 118 Å². The van der Waals surface area contributed by atoms with Crippen molar-refractivity contribution in [1.29, 1.82) is 0 Å². The van der Waals surface area contributed by atoms with Gasteiger partial charge in [-0.2, -0.15) is 0 Å². The molecule has 0 aromatic rings. The van der Waals surface area contributed by atoms with Gasteiger partial charge in [0.2, 0.25) is 0 Å². The van der Waals surface area contributed by atoms with Gasteiger partial charge in [0.05, 0.1) is 12.1 Å². The van der Waals surface area contributed by atoms with E-state index in [1.54, 1.807) is 22.3 Å². The number of allylic oxidation sites excluding steroid dienone is 2. The fraction of sp³-hybridized carbons (Fsp3) is 0.667. The Kier molecular flexibility index (Phi) is 2.52. The van der Waals surface area contributed by atoms with Crippen LogP contribution in [0.3, 0.4) is 0 Å². The van der Waals surface area contributed by atoms with Gasteiger partial charge in [-0.1, -0.05) is 64.8 Å². The van der Waals surface area contributed by atoms with E-state index in [9.17, 15) is 0 Å². The molecule has 0 amide bonds. The van der Waals surface area contributed by atoms with Crippen LogP contribution in [0, 0.1) is 10.8 Å². The maximum Gasteiger partial charge on any atom is 0.0541 e. The van der Waals surface area contributed by atoms with E-state index in [2.05, 4.69) is 65.6 Å². The third kappa shape index (κ3) is 1.71. The summed E-state index contributed by atoms with van der Waals surface area (Å²) in [4.78, 5) is 2.53. The van der Waals surface area contributed by atoms with Crippen molar-refractivity contribution in [3.05, 3.63) is 34.4 Å². The molecule has 1 nitrogen and oxygen atoms in total. The molecule has 1 aliphatic carbocycles. The van der Waals surface area contributed by atoms with Crippen LogP contribution in [0.1, 0.15) is 48.0 Å². The average molecular weight is 257 g/mol. The van der Waals surface area contributed by atoms with Crippen molar-refractivity contribution in [1.82, 2.24) is 4.90 Å². The molecule has 0 aromatic heterocycles. The van der Waals surface area contributed by atoms with E-state index in [1.165, 1.54) is 6.42 Å². The molecule has 1 saturated heterocycles. The zero-order valence-corrected chi connectivity index (χ0v) is 13.5. The van der Waals surface area contributed by atoms with Crippen molar-refractivity contribution in [3.63, 3.8) is 0 Å². The second-order valence-electron chi connectivity index (χ2n) is 8.40. The Hall–Kier alpha value is -0.820. The summed E-state index contributed by atoms with van der Waals surface area (Å²) in [5.41, 5.74) is 7.24. The summed E-state index contributed by atoms with van der Waals surface area (Å²) in [5, 5.41) is 0. The zero-order chi connectivity index (χ0) is 14.2. The second-order valence-corrected chi connectivity index (χ2v) is 8.40. The maximum absolute atomic E-state index is 2.53. The molecule has 2 aliphatic heterocycles. The molecule has 0 radical (unpaired) electrons. The van der Waals surface area contributed by atoms with Gasteiger partial charge in [-0.3, -0.25) is 4.90 Å². The van der Waals surface area contributed by atoms with Gasteiger partial charge in [0.15, 0.2) is 0 Å². The Bertz CT molecular complexity index is 471. The molecule has 3 rings (SSSR count). The second kappa shape index (κ2) is 3.63. The number of hydrogen-bond acceptors (Lipinski definition) is 1. The first-order valence-corrected chi connectivity index (χ1v) is 7.50. The Morgan fingerprint density at radius 2 is 1.21 bits per heavy atom. The largest absolute Gasteiger partial charge is 0.285 e. The highest BCUT2D eigenvalue weighted by Crippen LogP contribution is 2.55. The lowest BCUT2D eigenvalue weighted by Gasteiger charge is -2.28. The minimum Gasteiger partial charge on any atom is -0.285 e. The van der Waals surface area contributed by atoms with Crippen molar-refractivity contribution in [2.24, 2.45) is 10.8 Å². The lowest BCUT2D eigenvalue weighted by molar-refractivity contribution is 0.344. The molecular formula is C18H27N. The number of fused-ring (bicyclic) bond motifs is 5. The van der Waals surface area contributed by atoms with Crippen LogP contribution in [0.2, 0.25) is 0 Å². The van der Waals surface area contributed by atoms with Gasteiger partial charge in [0.25, 0.3) is 0 Å². The molecule has 2 atom stereocenters. The Morgan fingerprint density at radius 3 is 1.53 bits per heavy atom. The molecule has 2 bridgehead atoms. The molecule has 19 heavy (non-hydrogen) atoms. The Morgan fingerprint density at radius 1 is 0.842 bits per heavy atom. The molecule has 0 spiro atoms. The van der Waals surface area contributed by atoms with Crippen molar-refractivity contribution in [2.75, 3.05) is 7.05 Å². The van der Waals surface area contributed by atoms with Crippen LogP contribution in [0.4, 0.5) is 0 Å². The highest BCUT2D eigenvalue weighted by molar-refractivity contribution is 5.63. The number of likely N-dealkylation sites (N-methyl/N-ethyl adjacent to an activating group) is 1. The quantitative estimate of drug-likeness (QED) is 0.584. The van der Waals surface area contributed by atoms with Crippen LogP contribution in [0.5, 0.6) is 0 Å². The van der Waals surface area contributed by atoms with Crippen LogP contribution < -0.4 is 0 Å². The van der Waals surface area contributed by atoms with E-state index in [0.29, 0.717) is 12.1 Å². The smallest absolute Gasteiger partial charge is 0.0541 e. The molecule has 2 unspecified atom stereocenters. The van der Waals surface area contributed by atoms with Crippen molar-refractivity contribution in [3.8, 4) is 0 Å². The van der Waals surface area contributed by atoms with Gasteiger partial charge in [0, 0.05) is 0 Å². The lowest BCUT2D eigenvalue weighted by atomic mass is 9.78. The van der Waals surface area contributed by atoms with Crippen LogP contribution in [-0.4, -0.2) is 24.0 Å². The molecule has 2 heterocycles. The summed E-state index contributed by atoms with van der Waals surface area (Å²) < 4.78 is 0. The van der Waals surface area contributed by atoms with Crippen LogP contribution in [-0.2, 0) is 0 Å². The monoisotopic (exact) mass is 257 g/mol. The molecule has 0 N–H and O–H groups in total. The summed E-state index contributed by atoms with van der Waals surface area (Å²) in [6.07, 6.45) is 6.00. The van der Waals surface area contributed by atoms with E-state index >= 15 is 0 Å². The molecule has 0 aromatic carbocycles. The van der Waals surface area contributed by atoms with Gasteiger partial charge >= 0.3 is 0 Å². The Balaban J connectivity index is 2.19. The molecule has 3 aliphatic rings. The molecule has 0 saturated carbocycles. The molecular weight excluding hydrogens is 230 g/mol. The summed E-state index contributed by atoms with van der Waals surface area (Å²) in [5.74, 6) is 0. The first kappa shape index (κ1) is 13.2. The lowest BCUT2D eigenvalue weighted by Crippen LogP contribution is -2.27. The summed E-state index contributed by atoms with van der Waals surface area (Å²) in [7, 11) is 2.27. The highest BCUT2D eigenvalue weighted by Gasteiger charge is 2.49. The number of rotatable bonds is 0. The topological polar surface area (TPSA) is 3.24 Å². The van der Waals surface area contributed by atoms with E-state index in [-0.39, 0.29) is 10.8 Å².